The summed E-state index contributed by atoms with van der Waals surface area (Å²) in [5.41, 5.74) is 0.206. The van der Waals surface area contributed by atoms with E-state index < -0.39 is 5.97 Å². The molecule has 2 atom stereocenters. The maximum absolute atomic E-state index is 12.3. The van der Waals surface area contributed by atoms with E-state index in [9.17, 15) is 14.7 Å². The normalized spacial score (nSPS) is 22.3. The fraction of sp³-hybridized carbons (Fsp3) is 0.333. The summed E-state index contributed by atoms with van der Waals surface area (Å²) in [7, 11) is 0. The zero-order valence-electron chi connectivity index (χ0n) is 11.5. The third-order valence-corrected chi connectivity index (χ3v) is 4.12. The quantitative estimate of drug-likeness (QED) is 0.924. The number of amides is 1. The number of halogens is 2. The molecule has 1 N–H and O–H groups in total. The van der Waals surface area contributed by atoms with Gasteiger partial charge in [0.05, 0.1) is 11.9 Å². The number of rotatable bonds is 4. The van der Waals surface area contributed by atoms with Crippen LogP contribution in [0, 0.1) is 17.3 Å². The molecule has 2 unspecified atom stereocenters. The average molecular weight is 327 g/mol. The third kappa shape index (κ3) is 3.39. The maximum Gasteiger partial charge on any atom is 0.228 e. The monoisotopic (exact) mass is 326 g/mol. The van der Waals surface area contributed by atoms with E-state index in [4.69, 9.17) is 23.2 Å². The van der Waals surface area contributed by atoms with E-state index in [1.807, 2.05) is 13.8 Å². The summed E-state index contributed by atoms with van der Waals surface area (Å²) in [5.74, 6) is -1.76. The first kappa shape index (κ1) is 15.9. The lowest BCUT2D eigenvalue weighted by molar-refractivity contribution is -0.255. The fourth-order valence-corrected chi connectivity index (χ4v) is 2.84. The van der Waals surface area contributed by atoms with Gasteiger partial charge in [0.2, 0.25) is 5.91 Å². The van der Waals surface area contributed by atoms with Gasteiger partial charge in [-0.25, -0.2) is 0 Å². The Kier molecular flexibility index (Phi) is 4.30. The highest BCUT2D eigenvalue weighted by Crippen LogP contribution is 2.59. The van der Waals surface area contributed by atoms with Crippen molar-refractivity contribution in [1.29, 1.82) is 0 Å². The minimum absolute atomic E-state index is 0.0168. The van der Waals surface area contributed by atoms with Crippen molar-refractivity contribution in [2.75, 3.05) is 5.32 Å². The molecule has 0 saturated heterocycles. The topological polar surface area (TPSA) is 69.2 Å². The number of benzene rings is 1. The number of aromatic carboxylic acids is 1. The van der Waals surface area contributed by atoms with Crippen LogP contribution in [0.4, 0.5) is 5.69 Å². The van der Waals surface area contributed by atoms with Crippen LogP contribution in [0.3, 0.4) is 0 Å². The molecule has 1 saturated carbocycles. The third-order valence-electron chi connectivity index (χ3n) is 3.86. The average Bonchev–Trinajstić information content (AvgIpc) is 2.90. The first-order valence-corrected chi connectivity index (χ1v) is 7.14. The molecule has 1 fully saturated rings. The van der Waals surface area contributed by atoms with Gasteiger partial charge in [-0.15, -0.1) is 0 Å². The minimum Gasteiger partial charge on any atom is -0.545 e. The molecule has 0 bridgehead atoms. The SMILES string of the molecule is CC1(C)C(C=C(Cl)Cl)C1C(=O)Nc1cccc(C(=O)[O-])c1. The summed E-state index contributed by atoms with van der Waals surface area (Å²) < 4.78 is 0.141. The largest absolute Gasteiger partial charge is 0.545 e. The second-order valence-corrected chi connectivity index (χ2v) is 6.65. The highest BCUT2D eigenvalue weighted by Gasteiger charge is 2.60. The number of hydrogen-bond acceptors (Lipinski definition) is 3. The summed E-state index contributed by atoms with van der Waals surface area (Å²) in [6, 6.07) is 5.94. The van der Waals surface area contributed by atoms with E-state index in [-0.39, 0.29) is 33.2 Å². The van der Waals surface area contributed by atoms with Gasteiger partial charge in [0, 0.05) is 5.69 Å². The molecule has 1 aromatic rings. The number of carbonyl (C=O) groups excluding carboxylic acids is 2. The van der Waals surface area contributed by atoms with Crippen LogP contribution in [-0.2, 0) is 4.79 Å². The molecule has 0 radical (unpaired) electrons. The maximum atomic E-state index is 12.3. The van der Waals surface area contributed by atoms with Gasteiger partial charge >= 0.3 is 0 Å². The van der Waals surface area contributed by atoms with Crippen molar-refractivity contribution in [1.82, 2.24) is 0 Å². The summed E-state index contributed by atoms with van der Waals surface area (Å²) in [5, 5.41) is 13.5. The number of carbonyl (C=O) groups is 2. The highest BCUT2D eigenvalue weighted by molar-refractivity contribution is 6.55. The zero-order valence-corrected chi connectivity index (χ0v) is 13.0. The Morgan fingerprint density at radius 2 is 2.00 bits per heavy atom. The summed E-state index contributed by atoms with van der Waals surface area (Å²) >= 11 is 11.3. The molecule has 0 spiro atoms. The number of hydrogen-bond donors (Lipinski definition) is 1. The lowest BCUT2D eigenvalue weighted by Gasteiger charge is -2.08. The van der Waals surface area contributed by atoms with Gasteiger partial charge in [0.15, 0.2) is 0 Å². The van der Waals surface area contributed by atoms with Gasteiger partial charge in [-0.2, -0.15) is 0 Å². The van der Waals surface area contributed by atoms with Gasteiger partial charge < -0.3 is 15.2 Å². The van der Waals surface area contributed by atoms with Gasteiger partial charge in [0.1, 0.15) is 4.49 Å². The highest BCUT2D eigenvalue weighted by atomic mass is 35.5. The Labute approximate surface area is 132 Å². The first-order valence-electron chi connectivity index (χ1n) is 6.38. The van der Waals surface area contributed by atoms with Crippen LogP contribution in [0.1, 0.15) is 24.2 Å². The second-order valence-electron chi connectivity index (χ2n) is 5.64. The summed E-state index contributed by atoms with van der Waals surface area (Å²) in [6.45, 7) is 3.90. The van der Waals surface area contributed by atoms with E-state index in [0.29, 0.717) is 5.69 Å². The van der Waals surface area contributed by atoms with Gasteiger partial charge in [-0.1, -0.05) is 49.2 Å². The molecule has 0 aliphatic heterocycles. The van der Waals surface area contributed by atoms with Crippen LogP contribution in [0.5, 0.6) is 0 Å². The van der Waals surface area contributed by atoms with E-state index in [0.717, 1.165) is 0 Å². The van der Waals surface area contributed by atoms with Gasteiger partial charge in [-0.3, -0.25) is 4.79 Å². The van der Waals surface area contributed by atoms with Crippen molar-refractivity contribution in [3.05, 3.63) is 40.4 Å². The Bertz CT molecular complexity index is 621. The minimum atomic E-state index is -1.28. The fourth-order valence-electron chi connectivity index (χ4n) is 2.57. The van der Waals surface area contributed by atoms with E-state index >= 15 is 0 Å². The Morgan fingerprint density at radius 1 is 1.33 bits per heavy atom. The molecule has 0 aromatic heterocycles. The van der Waals surface area contributed by atoms with E-state index in [1.165, 1.54) is 12.1 Å². The van der Waals surface area contributed by atoms with Crippen molar-refractivity contribution >= 4 is 40.8 Å². The molecule has 6 heteroatoms. The van der Waals surface area contributed by atoms with Crippen molar-refractivity contribution in [3.8, 4) is 0 Å². The summed E-state index contributed by atoms with van der Waals surface area (Å²) in [4.78, 5) is 23.1. The molecule has 2 rings (SSSR count). The predicted octanol–water partition coefficient (Wildman–Crippen LogP) is 2.58. The lowest BCUT2D eigenvalue weighted by Crippen LogP contribution is -2.22. The summed E-state index contributed by atoms with van der Waals surface area (Å²) in [6.07, 6.45) is 1.66. The van der Waals surface area contributed by atoms with Crippen LogP contribution in [-0.4, -0.2) is 11.9 Å². The molecular weight excluding hydrogens is 313 g/mol. The Morgan fingerprint density at radius 3 is 2.57 bits per heavy atom. The first-order chi connectivity index (χ1) is 9.73. The predicted molar refractivity (Wildman–Crippen MR) is 80.0 cm³/mol. The molecule has 4 nitrogen and oxygen atoms in total. The van der Waals surface area contributed by atoms with Crippen molar-refractivity contribution in [2.45, 2.75) is 13.8 Å². The molecule has 112 valence electrons. The second kappa shape index (κ2) is 5.70. The number of anilines is 1. The molecule has 21 heavy (non-hydrogen) atoms. The number of nitrogens with one attached hydrogen (secondary N) is 1. The molecule has 1 aliphatic rings. The Balaban J connectivity index is 2.11. The van der Waals surface area contributed by atoms with Crippen LogP contribution >= 0.6 is 23.2 Å². The number of carboxylic acids is 1. The smallest absolute Gasteiger partial charge is 0.228 e. The van der Waals surface area contributed by atoms with Gasteiger partial charge in [0.25, 0.3) is 0 Å². The van der Waals surface area contributed by atoms with E-state index in [1.54, 1.807) is 18.2 Å². The Hall–Kier alpha value is -1.52. The van der Waals surface area contributed by atoms with Crippen LogP contribution in [0.15, 0.2) is 34.8 Å². The molecule has 0 heterocycles. The van der Waals surface area contributed by atoms with Gasteiger partial charge in [-0.05, 0) is 35.1 Å². The van der Waals surface area contributed by atoms with Crippen molar-refractivity contribution < 1.29 is 14.7 Å². The van der Waals surface area contributed by atoms with Crippen molar-refractivity contribution in [3.63, 3.8) is 0 Å². The molecule has 1 aromatic carbocycles. The van der Waals surface area contributed by atoms with E-state index in [2.05, 4.69) is 5.32 Å². The van der Waals surface area contributed by atoms with Crippen LogP contribution in [0.25, 0.3) is 0 Å². The van der Waals surface area contributed by atoms with Crippen LogP contribution < -0.4 is 10.4 Å². The number of allylic oxidation sites excluding steroid dienone is 1. The zero-order chi connectivity index (χ0) is 15.8. The van der Waals surface area contributed by atoms with Crippen LogP contribution in [0.2, 0.25) is 0 Å². The number of carboxylic acid groups (broad SMARTS) is 1. The van der Waals surface area contributed by atoms with Crippen molar-refractivity contribution in [2.24, 2.45) is 17.3 Å². The molecule has 1 amide bonds. The molecular formula is C15H14Cl2NO3-. The standard InChI is InChI=1S/C15H15Cl2NO3/c1-15(2)10(7-11(16)17)12(15)13(19)18-9-5-3-4-8(6-9)14(20)21/h3-7,10,12H,1-2H3,(H,18,19)(H,20,21)/p-1. The molecule has 1 aliphatic carbocycles. The lowest BCUT2D eigenvalue weighted by atomic mass is 10.1.